The highest BCUT2D eigenvalue weighted by molar-refractivity contribution is 7.08. The van der Waals surface area contributed by atoms with Crippen LogP contribution in [0.15, 0.2) is 63.9 Å². The van der Waals surface area contributed by atoms with Crippen LogP contribution in [0.1, 0.15) is 16.2 Å². The van der Waals surface area contributed by atoms with Gasteiger partial charge in [0.25, 0.3) is 5.89 Å². The highest BCUT2D eigenvalue weighted by Gasteiger charge is 2.17. The summed E-state index contributed by atoms with van der Waals surface area (Å²) in [5.74, 6) is -0.323. The van der Waals surface area contributed by atoms with Crippen molar-refractivity contribution in [3.63, 3.8) is 0 Å². The first-order valence-corrected chi connectivity index (χ1v) is 9.14. The molecule has 4 aromatic rings. The Morgan fingerprint density at radius 1 is 1.21 bits per heavy atom. The van der Waals surface area contributed by atoms with Crippen LogP contribution in [-0.2, 0) is 11.3 Å². The number of para-hydroxylation sites is 1. The Labute approximate surface area is 162 Å². The van der Waals surface area contributed by atoms with Gasteiger partial charge < -0.3 is 14.6 Å². The number of carbonyl (C=O) groups excluding carboxylic acids is 1. The van der Waals surface area contributed by atoms with Crippen molar-refractivity contribution in [2.75, 3.05) is 5.32 Å². The minimum absolute atomic E-state index is 0.160. The van der Waals surface area contributed by atoms with E-state index in [9.17, 15) is 9.18 Å². The minimum Gasteiger partial charge on any atom is -0.454 e. The number of hydrogen-bond acceptors (Lipinski definition) is 8. The Balaban J connectivity index is 1.46. The van der Waals surface area contributed by atoms with Crippen molar-refractivity contribution in [3.8, 4) is 11.5 Å². The number of ether oxygens (including phenoxy) is 1. The molecule has 140 valence electrons. The largest absolute Gasteiger partial charge is 0.454 e. The van der Waals surface area contributed by atoms with Crippen LogP contribution in [0, 0.1) is 5.82 Å². The van der Waals surface area contributed by atoms with Gasteiger partial charge in [-0.3, -0.25) is 0 Å². The van der Waals surface area contributed by atoms with Gasteiger partial charge in [0.15, 0.2) is 6.61 Å². The number of nitrogens with zero attached hydrogens (tertiary/aromatic N) is 3. The number of aromatic nitrogens is 3. The van der Waals surface area contributed by atoms with Crippen molar-refractivity contribution < 1.29 is 18.4 Å². The lowest BCUT2D eigenvalue weighted by atomic mass is 10.2. The van der Waals surface area contributed by atoms with Crippen LogP contribution in [0.25, 0.3) is 11.5 Å². The zero-order valence-corrected chi connectivity index (χ0v) is 15.1. The fraction of sp³-hybridized carbons (Fsp3) is 0.0526. The fourth-order valence-corrected chi connectivity index (χ4v) is 3.01. The summed E-state index contributed by atoms with van der Waals surface area (Å²) in [7, 11) is 0. The van der Waals surface area contributed by atoms with Crippen LogP contribution < -0.4 is 5.32 Å². The molecule has 3 aromatic heterocycles. The van der Waals surface area contributed by atoms with Crippen LogP contribution >= 0.6 is 11.3 Å². The van der Waals surface area contributed by atoms with E-state index in [4.69, 9.17) is 9.26 Å². The van der Waals surface area contributed by atoms with Crippen LogP contribution in [-0.4, -0.2) is 21.1 Å². The first-order valence-electron chi connectivity index (χ1n) is 8.19. The lowest BCUT2D eigenvalue weighted by Gasteiger charge is -2.10. The minimum atomic E-state index is -0.645. The van der Waals surface area contributed by atoms with Crippen LogP contribution in [0.5, 0.6) is 0 Å². The average molecular weight is 396 g/mol. The molecule has 0 amide bonds. The zero-order chi connectivity index (χ0) is 19.3. The van der Waals surface area contributed by atoms with Gasteiger partial charge in [0.2, 0.25) is 5.82 Å². The second-order valence-corrected chi connectivity index (χ2v) is 6.39. The Hall–Kier alpha value is -3.59. The third-order valence-electron chi connectivity index (χ3n) is 3.72. The van der Waals surface area contributed by atoms with Gasteiger partial charge in [-0.25, -0.2) is 14.2 Å². The number of hydrogen-bond donors (Lipinski definition) is 1. The van der Waals surface area contributed by atoms with Gasteiger partial charge in [0.1, 0.15) is 17.2 Å². The first-order chi connectivity index (χ1) is 13.7. The molecular formula is C19H13FN4O3S. The van der Waals surface area contributed by atoms with Crippen molar-refractivity contribution in [2.45, 2.75) is 6.61 Å². The fourth-order valence-electron chi connectivity index (χ4n) is 2.38. The molecule has 0 atom stereocenters. The molecule has 7 nitrogen and oxygen atoms in total. The number of benzene rings is 1. The molecule has 0 spiro atoms. The maximum absolute atomic E-state index is 13.9. The zero-order valence-electron chi connectivity index (χ0n) is 14.3. The summed E-state index contributed by atoms with van der Waals surface area (Å²) in [5, 5.41) is 10.4. The summed E-state index contributed by atoms with van der Waals surface area (Å²) in [6, 6.07) is 11.1. The summed E-state index contributed by atoms with van der Waals surface area (Å²) in [5.41, 5.74) is 1.17. The molecule has 0 bridgehead atoms. The highest BCUT2D eigenvalue weighted by atomic mass is 32.1. The van der Waals surface area contributed by atoms with E-state index in [1.807, 2.05) is 16.8 Å². The van der Waals surface area contributed by atoms with E-state index in [1.165, 1.54) is 29.7 Å². The third kappa shape index (κ3) is 3.89. The monoisotopic (exact) mass is 396 g/mol. The SMILES string of the molecule is O=C(OCc1noc(-c2ccsc2)n1)c1cccnc1Nc1ccccc1F. The number of rotatable bonds is 6. The quantitative estimate of drug-likeness (QED) is 0.482. The second kappa shape index (κ2) is 7.97. The molecule has 0 aliphatic carbocycles. The number of anilines is 2. The molecule has 0 fully saturated rings. The lowest BCUT2D eigenvalue weighted by molar-refractivity contribution is 0.0460. The molecule has 0 saturated heterocycles. The van der Waals surface area contributed by atoms with Crippen molar-refractivity contribution in [3.05, 3.63) is 76.6 Å². The number of thiophene rings is 1. The van der Waals surface area contributed by atoms with Gasteiger partial charge in [0, 0.05) is 11.6 Å². The van der Waals surface area contributed by atoms with Gasteiger partial charge >= 0.3 is 5.97 Å². The van der Waals surface area contributed by atoms with Gasteiger partial charge in [0.05, 0.1) is 11.3 Å². The normalized spacial score (nSPS) is 10.6. The number of halogens is 1. The van der Waals surface area contributed by atoms with Crippen LogP contribution in [0.3, 0.4) is 0 Å². The smallest absolute Gasteiger partial charge is 0.342 e. The summed E-state index contributed by atoms with van der Waals surface area (Å²) in [6.45, 7) is -0.166. The molecule has 0 aliphatic rings. The molecule has 0 saturated carbocycles. The van der Waals surface area contributed by atoms with E-state index in [0.29, 0.717) is 5.89 Å². The molecule has 0 aliphatic heterocycles. The molecule has 0 radical (unpaired) electrons. The standard InChI is InChI=1S/C19H13FN4O3S/c20-14-5-1-2-6-15(14)22-17-13(4-3-8-21-17)19(25)26-10-16-23-18(27-24-16)12-7-9-28-11-12/h1-9,11H,10H2,(H,21,22). The van der Waals surface area contributed by atoms with Crippen molar-refractivity contribution in [2.24, 2.45) is 0 Å². The second-order valence-electron chi connectivity index (χ2n) is 5.61. The summed E-state index contributed by atoms with van der Waals surface area (Å²) >= 11 is 1.51. The van der Waals surface area contributed by atoms with Crippen molar-refractivity contribution >= 4 is 28.8 Å². The van der Waals surface area contributed by atoms with E-state index in [0.717, 1.165) is 5.56 Å². The van der Waals surface area contributed by atoms with E-state index >= 15 is 0 Å². The Bertz CT molecular complexity index is 1100. The summed E-state index contributed by atoms with van der Waals surface area (Å²) in [6.07, 6.45) is 1.49. The molecule has 1 N–H and O–H groups in total. The molecule has 1 aromatic carbocycles. The van der Waals surface area contributed by atoms with Gasteiger partial charge in [-0.05, 0) is 35.7 Å². The molecular weight excluding hydrogens is 383 g/mol. The van der Waals surface area contributed by atoms with E-state index < -0.39 is 11.8 Å². The summed E-state index contributed by atoms with van der Waals surface area (Å²) in [4.78, 5) is 20.8. The van der Waals surface area contributed by atoms with Gasteiger partial charge in [-0.2, -0.15) is 16.3 Å². The van der Waals surface area contributed by atoms with Crippen molar-refractivity contribution in [1.29, 1.82) is 0 Å². The highest BCUT2D eigenvalue weighted by Crippen LogP contribution is 2.22. The predicted molar refractivity (Wildman–Crippen MR) is 101 cm³/mol. The first kappa shape index (κ1) is 17.8. The topological polar surface area (TPSA) is 90.1 Å². The maximum atomic E-state index is 13.9. The molecule has 3 heterocycles. The number of nitrogens with one attached hydrogen (secondary N) is 1. The molecule has 28 heavy (non-hydrogen) atoms. The number of pyridine rings is 1. The van der Waals surface area contributed by atoms with Gasteiger partial charge in [-0.15, -0.1) is 0 Å². The lowest BCUT2D eigenvalue weighted by Crippen LogP contribution is -2.10. The summed E-state index contributed by atoms with van der Waals surface area (Å²) < 4.78 is 24.3. The van der Waals surface area contributed by atoms with Crippen LogP contribution in [0.4, 0.5) is 15.9 Å². The molecule has 9 heteroatoms. The Morgan fingerprint density at radius 2 is 2.11 bits per heavy atom. The van der Waals surface area contributed by atoms with Gasteiger partial charge in [-0.1, -0.05) is 17.3 Å². The Kier molecular flexibility index (Phi) is 5.07. The number of carbonyl (C=O) groups is 1. The molecule has 4 rings (SSSR count). The maximum Gasteiger partial charge on any atom is 0.342 e. The predicted octanol–water partition coefficient (Wildman–Crippen LogP) is 4.43. The molecule has 0 unspecified atom stereocenters. The van der Waals surface area contributed by atoms with E-state index in [2.05, 4.69) is 20.4 Å². The van der Waals surface area contributed by atoms with E-state index in [-0.39, 0.29) is 29.5 Å². The van der Waals surface area contributed by atoms with Crippen LogP contribution in [0.2, 0.25) is 0 Å². The van der Waals surface area contributed by atoms with Crippen molar-refractivity contribution in [1.82, 2.24) is 15.1 Å². The average Bonchev–Trinajstić information content (AvgIpc) is 3.40. The van der Waals surface area contributed by atoms with E-state index in [1.54, 1.807) is 24.3 Å². The Morgan fingerprint density at radius 3 is 2.93 bits per heavy atom. The number of esters is 1. The third-order valence-corrected chi connectivity index (χ3v) is 4.41.